The van der Waals surface area contributed by atoms with Gasteiger partial charge in [-0.3, -0.25) is 0 Å². The highest BCUT2D eigenvalue weighted by atomic mass is 35.5. The maximum atomic E-state index is 7.89. The first kappa shape index (κ1) is 12.8. The van der Waals surface area contributed by atoms with E-state index in [4.69, 9.17) is 9.94 Å². The normalized spacial score (nSPS) is 15.6. The first-order valence-electron chi connectivity index (χ1n) is 3.17. The average Bonchev–Trinajstić information content (AvgIpc) is 2.11. The molecule has 1 fully saturated rings. The van der Waals surface area contributed by atoms with Crippen LogP contribution in [-0.2, 0) is 4.74 Å². The molecule has 0 amide bonds. The summed E-state index contributed by atoms with van der Waals surface area (Å²) in [6.45, 7) is 2.00. The summed E-state index contributed by atoms with van der Waals surface area (Å²) in [5, 5.41) is 8.89. The summed E-state index contributed by atoms with van der Waals surface area (Å²) in [5.74, 6) is 0. The van der Waals surface area contributed by atoms with Crippen LogP contribution in [-0.4, -0.2) is 37.6 Å². The zero-order valence-electron chi connectivity index (χ0n) is 6.54. The summed E-state index contributed by atoms with van der Waals surface area (Å²) < 4.78 is 4.94. The zero-order valence-corrected chi connectivity index (χ0v) is 7.36. The van der Waals surface area contributed by atoms with Crippen molar-refractivity contribution in [2.75, 3.05) is 27.3 Å². The van der Waals surface area contributed by atoms with Crippen molar-refractivity contribution in [1.82, 2.24) is 5.06 Å². The SMILES string of the molecule is C1CCOC1.CN(C)O.Cl. The molecule has 3 nitrogen and oxygen atoms in total. The summed E-state index contributed by atoms with van der Waals surface area (Å²) in [6, 6.07) is 0. The van der Waals surface area contributed by atoms with E-state index in [1.54, 1.807) is 14.1 Å². The molecular weight excluding hydrogens is 154 g/mol. The van der Waals surface area contributed by atoms with Crippen LogP contribution in [0.3, 0.4) is 0 Å². The largest absolute Gasteiger partial charge is 0.381 e. The van der Waals surface area contributed by atoms with Crippen molar-refractivity contribution in [2.24, 2.45) is 0 Å². The van der Waals surface area contributed by atoms with Crippen LogP contribution in [0.25, 0.3) is 0 Å². The van der Waals surface area contributed by atoms with Crippen LogP contribution in [0.4, 0.5) is 0 Å². The van der Waals surface area contributed by atoms with E-state index in [-0.39, 0.29) is 12.4 Å². The van der Waals surface area contributed by atoms with Crippen molar-refractivity contribution in [2.45, 2.75) is 12.8 Å². The van der Waals surface area contributed by atoms with Gasteiger partial charge in [0.2, 0.25) is 0 Å². The highest BCUT2D eigenvalue weighted by Crippen LogP contribution is 1.98. The molecule has 1 rings (SSSR count). The second-order valence-electron chi connectivity index (χ2n) is 2.17. The van der Waals surface area contributed by atoms with E-state index < -0.39 is 0 Å². The predicted molar refractivity (Wildman–Crippen MR) is 42.8 cm³/mol. The standard InChI is InChI=1S/C4H8O.C2H7NO.ClH/c1-2-4-5-3-1;1-3(2)4;/h1-4H2;4H,1-2H3;1H. The van der Waals surface area contributed by atoms with E-state index in [9.17, 15) is 0 Å². The number of halogens is 1. The average molecular weight is 170 g/mol. The summed E-state index contributed by atoms with van der Waals surface area (Å²) in [4.78, 5) is 0. The summed E-state index contributed by atoms with van der Waals surface area (Å²) in [5.41, 5.74) is 0. The lowest BCUT2D eigenvalue weighted by atomic mass is 10.4. The Bertz CT molecular complexity index is 47.3. The van der Waals surface area contributed by atoms with E-state index in [2.05, 4.69) is 0 Å². The predicted octanol–water partition coefficient (Wildman–Crippen LogP) is 1.16. The Kier molecular flexibility index (Phi) is 11.7. The number of hydroxylamine groups is 2. The second kappa shape index (κ2) is 9.17. The van der Waals surface area contributed by atoms with E-state index in [1.807, 2.05) is 0 Å². The molecule has 0 spiro atoms. The smallest absolute Gasteiger partial charge is 0.0466 e. The van der Waals surface area contributed by atoms with Crippen molar-refractivity contribution in [3.63, 3.8) is 0 Å². The maximum Gasteiger partial charge on any atom is 0.0466 e. The van der Waals surface area contributed by atoms with Crippen molar-refractivity contribution in [3.8, 4) is 0 Å². The van der Waals surface area contributed by atoms with Crippen molar-refractivity contribution in [3.05, 3.63) is 0 Å². The van der Waals surface area contributed by atoms with Gasteiger partial charge < -0.3 is 9.94 Å². The Hall–Kier alpha value is 0.170. The third-order valence-corrected chi connectivity index (χ3v) is 0.827. The first-order valence-corrected chi connectivity index (χ1v) is 3.17. The van der Waals surface area contributed by atoms with Gasteiger partial charge in [-0.2, -0.15) is 5.06 Å². The molecule has 0 atom stereocenters. The first-order chi connectivity index (χ1) is 4.23. The van der Waals surface area contributed by atoms with E-state index in [0.29, 0.717) is 0 Å². The molecule has 1 aliphatic rings. The van der Waals surface area contributed by atoms with Crippen LogP contribution < -0.4 is 0 Å². The molecule has 0 unspecified atom stereocenters. The molecule has 10 heavy (non-hydrogen) atoms. The van der Waals surface area contributed by atoms with Crippen LogP contribution in [0.5, 0.6) is 0 Å². The van der Waals surface area contributed by atoms with Gasteiger partial charge in [0.1, 0.15) is 0 Å². The third kappa shape index (κ3) is 15.7. The van der Waals surface area contributed by atoms with E-state index >= 15 is 0 Å². The molecule has 0 saturated carbocycles. The number of hydrogen-bond acceptors (Lipinski definition) is 3. The van der Waals surface area contributed by atoms with Gasteiger partial charge in [-0.1, -0.05) is 0 Å². The molecule has 0 bridgehead atoms. The fraction of sp³-hybridized carbons (Fsp3) is 1.00. The lowest BCUT2D eigenvalue weighted by Gasteiger charge is -1.89. The van der Waals surface area contributed by atoms with Crippen LogP contribution >= 0.6 is 12.4 Å². The molecular formula is C6H16ClNO2. The van der Waals surface area contributed by atoms with Crippen molar-refractivity contribution >= 4 is 12.4 Å². The Labute approximate surface area is 68.3 Å². The van der Waals surface area contributed by atoms with Gasteiger partial charge in [-0.15, -0.1) is 12.4 Å². The Balaban J connectivity index is 0. The van der Waals surface area contributed by atoms with E-state index in [0.717, 1.165) is 18.3 Å². The number of rotatable bonds is 0. The molecule has 0 aromatic carbocycles. The molecule has 1 saturated heterocycles. The fourth-order valence-corrected chi connectivity index (χ4v) is 0.510. The minimum absolute atomic E-state index is 0. The topological polar surface area (TPSA) is 32.7 Å². The Morgan fingerprint density at radius 3 is 1.60 bits per heavy atom. The lowest BCUT2D eigenvalue weighted by Crippen LogP contribution is -2.01. The minimum atomic E-state index is 0. The number of nitrogens with zero attached hydrogens (tertiary/aromatic N) is 1. The fourth-order valence-electron chi connectivity index (χ4n) is 0.510. The zero-order chi connectivity index (χ0) is 7.11. The van der Waals surface area contributed by atoms with Crippen LogP contribution in [0, 0.1) is 0 Å². The molecule has 0 aromatic rings. The molecule has 0 radical (unpaired) electrons. The van der Waals surface area contributed by atoms with Crippen LogP contribution in [0.2, 0.25) is 0 Å². The molecule has 0 aliphatic carbocycles. The Morgan fingerprint density at radius 1 is 1.20 bits per heavy atom. The van der Waals surface area contributed by atoms with Gasteiger partial charge in [0.05, 0.1) is 0 Å². The molecule has 0 aromatic heterocycles. The van der Waals surface area contributed by atoms with Crippen LogP contribution in [0.15, 0.2) is 0 Å². The lowest BCUT2D eigenvalue weighted by molar-refractivity contribution is -0.0372. The summed E-state index contributed by atoms with van der Waals surface area (Å²) in [6.07, 6.45) is 2.56. The van der Waals surface area contributed by atoms with Gasteiger partial charge in [0.25, 0.3) is 0 Å². The summed E-state index contributed by atoms with van der Waals surface area (Å²) in [7, 11) is 3.11. The molecule has 1 heterocycles. The second-order valence-corrected chi connectivity index (χ2v) is 2.17. The summed E-state index contributed by atoms with van der Waals surface area (Å²) >= 11 is 0. The van der Waals surface area contributed by atoms with Gasteiger partial charge >= 0.3 is 0 Å². The molecule has 1 N–H and O–H groups in total. The van der Waals surface area contributed by atoms with Crippen LogP contribution in [0.1, 0.15) is 12.8 Å². The minimum Gasteiger partial charge on any atom is -0.381 e. The van der Waals surface area contributed by atoms with Gasteiger partial charge in [-0.25, -0.2) is 0 Å². The van der Waals surface area contributed by atoms with Gasteiger partial charge in [-0.05, 0) is 12.8 Å². The quantitative estimate of drug-likeness (QED) is 0.553. The highest BCUT2D eigenvalue weighted by molar-refractivity contribution is 5.85. The van der Waals surface area contributed by atoms with Gasteiger partial charge in [0.15, 0.2) is 0 Å². The Morgan fingerprint density at radius 2 is 1.50 bits per heavy atom. The maximum absolute atomic E-state index is 7.89. The highest BCUT2D eigenvalue weighted by Gasteiger charge is 1.94. The van der Waals surface area contributed by atoms with Gasteiger partial charge in [0, 0.05) is 27.3 Å². The number of ether oxygens (including phenoxy) is 1. The van der Waals surface area contributed by atoms with E-state index in [1.165, 1.54) is 12.8 Å². The molecule has 4 heteroatoms. The molecule has 64 valence electrons. The number of hydrogen-bond donors (Lipinski definition) is 1. The third-order valence-electron chi connectivity index (χ3n) is 0.827. The van der Waals surface area contributed by atoms with Crippen molar-refractivity contribution in [1.29, 1.82) is 0 Å². The monoisotopic (exact) mass is 169 g/mol. The van der Waals surface area contributed by atoms with Crippen molar-refractivity contribution < 1.29 is 9.94 Å². The molecule has 1 aliphatic heterocycles.